The maximum absolute atomic E-state index is 13.8. The van der Waals surface area contributed by atoms with Crippen molar-refractivity contribution in [3.8, 4) is 11.3 Å². The molecule has 0 bridgehead atoms. The van der Waals surface area contributed by atoms with Gasteiger partial charge in [-0.3, -0.25) is 0 Å². The van der Waals surface area contributed by atoms with Crippen LogP contribution in [0.15, 0.2) is 22.7 Å². The highest BCUT2D eigenvalue weighted by Crippen LogP contribution is 2.28. The summed E-state index contributed by atoms with van der Waals surface area (Å²) in [5.74, 6) is -0.287. The van der Waals surface area contributed by atoms with Gasteiger partial charge in [0.25, 0.3) is 0 Å². The molecule has 0 saturated heterocycles. The summed E-state index contributed by atoms with van der Waals surface area (Å²) in [6.07, 6.45) is 0. The summed E-state index contributed by atoms with van der Waals surface area (Å²) in [5, 5.41) is 7.19. The van der Waals surface area contributed by atoms with Crippen LogP contribution in [-0.2, 0) is 6.54 Å². The number of benzene rings is 1. The first-order chi connectivity index (χ1) is 8.22. The SMILES string of the molecule is CCNCc1snnc1-c1ccc(Br)cc1F. The minimum atomic E-state index is -0.287. The smallest absolute Gasteiger partial charge is 0.133 e. The van der Waals surface area contributed by atoms with Crippen molar-refractivity contribution in [3.05, 3.63) is 33.4 Å². The van der Waals surface area contributed by atoms with Crippen LogP contribution in [0, 0.1) is 5.82 Å². The number of nitrogens with zero attached hydrogens (tertiary/aromatic N) is 2. The first kappa shape index (κ1) is 12.6. The molecule has 0 aliphatic rings. The van der Waals surface area contributed by atoms with E-state index in [4.69, 9.17) is 0 Å². The monoisotopic (exact) mass is 315 g/mol. The zero-order chi connectivity index (χ0) is 12.3. The van der Waals surface area contributed by atoms with Crippen molar-refractivity contribution in [1.29, 1.82) is 0 Å². The Labute approximate surface area is 111 Å². The van der Waals surface area contributed by atoms with E-state index in [0.29, 0.717) is 17.8 Å². The highest BCUT2D eigenvalue weighted by Gasteiger charge is 2.14. The van der Waals surface area contributed by atoms with Crippen molar-refractivity contribution in [2.75, 3.05) is 6.54 Å². The standard InChI is InChI=1S/C11H11BrFN3S/c1-2-14-6-10-11(15-16-17-10)8-4-3-7(12)5-9(8)13/h3-5,14H,2,6H2,1H3. The van der Waals surface area contributed by atoms with Crippen molar-refractivity contribution in [1.82, 2.24) is 14.9 Å². The van der Waals surface area contributed by atoms with Crippen molar-refractivity contribution in [3.63, 3.8) is 0 Å². The van der Waals surface area contributed by atoms with Gasteiger partial charge in [0, 0.05) is 16.6 Å². The second-order valence-electron chi connectivity index (χ2n) is 3.45. The first-order valence-electron chi connectivity index (χ1n) is 5.19. The Balaban J connectivity index is 2.35. The molecule has 2 rings (SSSR count). The van der Waals surface area contributed by atoms with Gasteiger partial charge >= 0.3 is 0 Å². The summed E-state index contributed by atoms with van der Waals surface area (Å²) in [6.45, 7) is 3.55. The average Bonchev–Trinajstić information content (AvgIpc) is 2.74. The fourth-order valence-corrected chi connectivity index (χ4v) is 2.41. The lowest BCUT2D eigenvalue weighted by Crippen LogP contribution is -2.11. The van der Waals surface area contributed by atoms with E-state index in [0.717, 1.165) is 15.9 Å². The summed E-state index contributed by atoms with van der Waals surface area (Å²) in [4.78, 5) is 0.952. The number of nitrogens with one attached hydrogen (secondary N) is 1. The third-order valence-corrected chi connectivity index (χ3v) is 3.49. The Morgan fingerprint density at radius 3 is 3.00 bits per heavy atom. The average molecular weight is 316 g/mol. The van der Waals surface area contributed by atoms with Crippen LogP contribution in [0.4, 0.5) is 4.39 Å². The van der Waals surface area contributed by atoms with E-state index in [1.165, 1.54) is 17.6 Å². The van der Waals surface area contributed by atoms with Crippen LogP contribution < -0.4 is 5.32 Å². The molecule has 0 unspecified atom stereocenters. The molecule has 0 atom stereocenters. The van der Waals surface area contributed by atoms with Crippen molar-refractivity contribution in [2.24, 2.45) is 0 Å². The summed E-state index contributed by atoms with van der Waals surface area (Å²) in [6, 6.07) is 4.95. The third kappa shape index (κ3) is 2.88. The van der Waals surface area contributed by atoms with Crippen LogP contribution >= 0.6 is 27.5 Å². The zero-order valence-corrected chi connectivity index (χ0v) is 11.6. The molecule has 17 heavy (non-hydrogen) atoms. The molecule has 1 aromatic heterocycles. The van der Waals surface area contributed by atoms with Gasteiger partial charge in [-0.1, -0.05) is 27.3 Å². The van der Waals surface area contributed by atoms with Gasteiger partial charge in [-0.05, 0) is 36.3 Å². The Hall–Kier alpha value is -0.850. The Morgan fingerprint density at radius 2 is 2.29 bits per heavy atom. The highest BCUT2D eigenvalue weighted by atomic mass is 79.9. The molecule has 0 radical (unpaired) electrons. The van der Waals surface area contributed by atoms with E-state index in [9.17, 15) is 4.39 Å². The number of hydrogen-bond acceptors (Lipinski definition) is 4. The van der Waals surface area contributed by atoms with Gasteiger partial charge in [-0.25, -0.2) is 4.39 Å². The molecular formula is C11H11BrFN3S. The Bertz CT molecular complexity index is 515. The molecule has 0 saturated carbocycles. The Kier molecular flexibility index (Phi) is 4.20. The van der Waals surface area contributed by atoms with E-state index in [2.05, 4.69) is 30.8 Å². The van der Waals surface area contributed by atoms with Gasteiger partial charge in [0.2, 0.25) is 0 Å². The fraction of sp³-hybridized carbons (Fsp3) is 0.273. The van der Waals surface area contributed by atoms with Gasteiger partial charge in [0.05, 0.1) is 4.88 Å². The van der Waals surface area contributed by atoms with Crippen LogP contribution in [0.2, 0.25) is 0 Å². The maximum Gasteiger partial charge on any atom is 0.133 e. The molecule has 3 nitrogen and oxygen atoms in total. The van der Waals surface area contributed by atoms with E-state index in [-0.39, 0.29) is 5.82 Å². The highest BCUT2D eigenvalue weighted by molar-refractivity contribution is 9.10. The minimum Gasteiger partial charge on any atom is -0.312 e. The lowest BCUT2D eigenvalue weighted by molar-refractivity contribution is 0.629. The second-order valence-corrected chi connectivity index (χ2v) is 5.20. The van der Waals surface area contributed by atoms with Crippen LogP contribution in [0.3, 0.4) is 0 Å². The largest absolute Gasteiger partial charge is 0.312 e. The maximum atomic E-state index is 13.8. The van der Waals surface area contributed by atoms with Gasteiger partial charge in [0.1, 0.15) is 11.5 Å². The molecule has 90 valence electrons. The molecule has 2 aromatic rings. The molecule has 0 spiro atoms. The van der Waals surface area contributed by atoms with E-state index in [1.807, 2.05) is 6.92 Å². The number of rotatable bonds is 4. The lowest BCUT2D eigenvalue weighted by Gasteiger charge is -2.03. The predicted molar refractivity (Wildman–Crippen MR) is 70.4 cm³/mol. The molecule has 1 N–H and O–H groups in total. The van der Waals surface area contributed by atoms with Gasteiger partial charge < -0.3 is 5.32 Å². The molecule has 6 heteroatoms. The summed E-state index contributed by atoms with van der Waals surface area (Å²) >= 11 is 4.53. The zero-order valence-electron chi connectivity index (χ0n) is 9.20. The van der Waals surface area contributed by atoms with Crippen LogP contribution in [0.25, 0.3) is 11.3 Å². The summed E-state index contributed by atoms with van der Waals surface area (Å²) < 4.78 is 18.4. The normalized spacial score (nSPS) is 10.8. The van der Waals surface area contributed by atoms with Crippen LogP contribution in [-0.4, -0.2) is 16.1 Å². The van der Waals surface area contributed by atoms with Crippen molar-refractivity contribution >= 4 is 27.5 Å². The molecule has 1 aromatic carbocycles. The fourth-order valence-electron chi connectivity index (χ4n) is 1.45. The molecular weight excluding hydrogens is 305 g/mol. The first-order valence-corrected chi connectivity index (χ1v) is 6.76. The number of halogens is 2. The predicted octanol–water partition coefficient (Wildman–Crippen LogP) is 3.22. The van der Waals surface area contributed by atoms with E-state index >= 15 is 0 Å². The molecule has 0 aliphatic carbocycles. The molecule has 1 heterocycles. The van der Waals surface area contributed by atoms with Gasteiger partial charge in [-0.15, -0.1) is 5.10 Å². The topological polar surface area (TPSA) is 37.8 Å². The van der Waals surface area contributed by atoms with E-state index < -0.39 is 0 Å². The minimum absolute atomic E-state index is 0.287. The van der Waals surface area contributed by atoms with Crippen LogP contribution in [0.5, 0.6) is 0 Å². The third-order valence-electron chi connectivity index (χ3n) is 2.28. The second kappa shape index (κ2) is 5.66. The lowest BCUT2D eigenvalue weighted by atomic mass is 10.1. The van der Waals surface area contributed by atoms with E-state index in [1.54, 1.807) is 12.1 Å². The van der Waals surface area contributed by atoms with Gasteiger partial charge in [-0.2, -0.15) is 0 Å². The number of hydrogen-bond donors (Lipinski definition) is 1. The van der Waals surface area contributed by atoms with Gasteiger partial charge in [0.15, 0.2) is 0 Å². The van der Waals surface area contributed by atoms with Crippen LogP contribution in [0.1, 0.15) is 11.8 Å². The van der Waals surface area contributed by atoms with Crippen molar-refractivity contribution < 1.29 is 4.39 Å². The molecule has 0 amide bonds. The van der Waals surface area contributed by atoms with Crippen molar-refractivity contribution in [2.45, 2.75) is 13.5 Å². The Morgan fingerprint density at radius 1 is 1.47 bits per heavy atom. The molecule has 0 fully saturated rings. The summed E-state index contributed by atoms with van der Waals surface area (Å²) in [7, 11) is 0. The number of aromatic nitrogens is 2. The quantitative estimate of drug-likeness (QED) is 0.941. The molecule has 0 aliphatic heterocycles. The summed E-state index contributed by atoms with van der Waals surface area (Å²) in [5.41, 5.74) is 1.12.